The Balaban J connectivity index is 1.57. The molecular formula is C28H34F3N5O5. The van der Waals surface area contributed by atoms with E-state index in [1.165, 1.54) is 16.5 Å². The lowest BCUT2D eigenvalue weighted by Crippen LogP contribution is -2.44. The Labute approximate surface area is 235 Å². The quantitative estimate of drug-likeness (QED) is 0.223. The summed E-state index contributed by atoms with van der Waals surface area (Å²) in [5.41, 5.74) is -0.0365. The predicted octanol–water partition coefficient (Wildman–Crippen LogP) is 6.88. The fourth-order valence-electron chi connectivity index (χ4n) is 5.02. The molecule has 41 heavy (non-hydrogen) atoms. The van der Waals surface area contributed by atoms with Gasteiger partial charge in [0.1, 0.15) is 11.6 Å². The number of aromatic nitrogens is 2. The molecule has 1 unspecified atom stereocenters. The third kappa shape index (κ3) is 8.08. The van der Waals surface area contributed by atoms with Crippen LogP contribution in [0, 0.1) is 0 Å². The number of rotatable bonds is 5. The van der Waals surface area contributed by atoms with E-state index >= 15 is 0 Å². The molecule has 1 saturated heterocycles. The minimum absolute atomic E-state index is 0.0317. The lowest BCUT2D eigenvalue weighted by molar-refractivity contribution is -0.138. The number of aryl methyl sites for hydroxylation is 1. The van der Waals surface area contributed by atoms with Crippen LogP contribution in [-0.2, 0) is 17.3 Å². The number of hydrogen-bond acceptors (Lipinski definition) is 6. The highest BCUT2D eigenvalue weighted by atomic mass is 19.4. The maximum Gasteiger partial charge on any atom is 0.437 e. The molecule has 2 heterocycles. The molecule has 2 N–H and O–H groups in total. The molecule has 2 aliphatic rings. The van der Waals surface area contributed by atoms with E-state index in [2.05, 4.69) is 26.5 Å². The summed E-state index contributed by atoms with van der Waals surface area (Å²) in [5, 5.41) is 15.3. The molecule has 1 aliphatic heterocycles. The van der Waals surface area contributed by atoms with Crippen LogP contribution < -0.4 is 5.32 Å². The number of hydrogen-bond donors (Lipinski definition) is 2. The smallest absolute Gasteiger partial charge is 0.437 e. The van der Waals surface area contributed by atoms with Gasteiger partial charge in [-0.05, 0) is 83.8 Å². The van der Waals surface area contributed by atoms with Gasteiger partial charge in [-0.1, -0.05) is 28.9 Å². The van der Waals surface area contributed by atoms with E-state index in [9.17, 15) is 27.9 Å². The van der Waals surface area contributed by atoms with Crippen LogP contribution in [0.3, 0.4) is 0 Å². The highest BCUT2D eigenvalue weighted by molar-refractivity contribution is 5.98. The molecule has 1 atom stereocenters. The minimum atomic E-state index is -4.56. The molecule has 222 valence electrons. The first-order chi connectivity index (χ1) is 19.3. The highest BCUT2D eigenvalue weighted by Crippen LogP contribution is 2.37. The van der Waals surface area contributed by atoms with Crippen molar-refractivity contribution in [2.75, 3.05) is 6.54 Å². The topological polar surface area (TPSA) is 130 Å². The number of nitrogens with zero attached hydrogens (tertiary/aromatic N) is 4. The fraction of sp³-hybridized carbons (Fsp3) is 0.536. The summed E-state index contributed by atoms with van der Waals surface area (Å²) in [6, 6.07) is 3.38. The summed E-state index contributed by atoms with van der Waals surface area (Å²) in [7, 11) is 0. The summed E-state index contributed by atoms with van der Waals surface area (Å²) >= 11 is 0. The number of carboxylic acid groups (broad SMARTS) is 1. The van der Waals surface area contributed by atoms with Crippen molar-refractivity contribution in [2.24, 2.45) is 4.99 Å². The zero-order valence-electron chi connectivity index (χ0n) is 23.3. The van der Waals surface area contributed by atoms with Gasteiger partial charge in [0.05, 0.1) is 5.56 Å². The monoisotopic (exact) mass is 577 g/mol. The van der Waals surface area contributed by atoms with Crippen molar-refractivity contribution in [3.8, 4) is 11.4 Å². The van der Waals surface area contributed by atoms with Crippen LogP contribution in [0.15, 0.2) is 39.4 Å². The molecule has 2 aromatic rings. The predicted molar refractivity (Wildman–Crippen MR) is 143 cm³/mol. The first kappa shape index (κ1) is 30.1. The van der Waals surface area contributed by atoms with Crippen molar-refractivity contribution in [3.05, 3.63) is 46.9 Å². The van der Waals surface area contributed by atoms with Gasteiger partial charge in [0.15, 0.2) is 0 Å². The average Bonchev–Trinajstić information content (AvgIpc) is 3.56. The van der Waals surface area contributed by atoms with Crippen molar-refractivity contribution in [1.29, 1.82) is 0 Å². The molecule has 0 bridgehead atoms. The average molecular weight is 578 g/mol. The SMILES string of the molecule is CC(C)(C)OC(=O)N=C(NC(=O)O)N1CCCC1c1nc(-c2ccc(CCC3=CCCCC3)c(C(F)(F)F)c2)no1. The highest BCUT2D eigenvalue weighted by Gasteiger charge is 2.36. The Bertz CT molecular complexity index is 1330. The van der Waals surface area contributed by atoms with Crippen LogP contribution in [0.5, 0.6) is 0 Å². The van der Waals surface area contributed by atoms with Crippen molar-refractivity contribution in [1.82, 2.24) is 20.4 Å². The van der Waals surface area contributed by atoms with Crippen molar-refractivity contribution in [2.45, 2.75) is 90.0 Å². The zero-order chi connectivity index (χ0) is 29.8. The summed E-state index contributed by atoms with van der Waals surface area (Å²) in [6.45, 7) is 5.25. The van der Waals surface area contributed by atoms with E-state index in [1.807, 2.05) is 0 Å². The van der Waals surface area contributed by atoms with Gasteiger partial charge in [-0.3, -0.25) is 5.32 Å². The first-order valence-corrected chi connectivity index (χ1v) is 13.6. The number of nitrogens with one attached hydrogen (secondary N) is 1. The summed E-state index contributed by atoms with van der Waals surface area (Å²) in [6.07, 6.45) is 1.14. The fourth-order valence-corrected chi connectivity index (χ4v) is 5.02. The number of halogens is 3. The number of ether oxygens (including phenoxy) is 1. The minimum Gasteiger partial charge on any atom is -0.465 e. The number of benzene rings is 1. The van der Waals surface area contributed by atoms with E-state index in [0.717, 1.165) is 31.7 Å². The van der Waals surface area contributed by atoms with E-state index < -0.39 is 35.6 Å². The van der Waals surface area contributed by atoms with Crippen LogP contribution in [-0.4, -0.2) is 50.4 Å². The number of amides is 2. The zero-order valence-corrected chi connectivity index (χ0v) is 23.3. The van der Waals surface area contributed by atoms with Crippen LogP contribution >= 0.6 is 0 Å². The van der Waals surface area contributed by atoms with Gasteiger partial charge in [0.25, 0.3) is 0 Å². The molecule has 4 rings (SSSR count). The number of likely N-dealkylation sites (tertiary alicyclic amines) is 1. The van der Waals surface area contributed by atoms with E-state index in [4.69, 9.17) is 9.26 Å². The number of carbonyl (C=O) groups excluding carboxylic acids is 1. The molecule has 0 radical (unpaired) electrons. The van der Waals surface area contributed by atoms with Crippen molar-refractivity contribution >= 4 is 18.1 Å². The number of alkyl halides is 3. The summed E-state index contributed by atoms with van der Waals surface area (Å²) < 4.78 is 52.7. The number of aliphatic imine (C=N–C) groups is 1. The maximum atomic E-state index is 14.0. The second-order valence-electron chi connectivity index (χ2n) is 11.1. The number of carbonyl (C=O) groups is 2. The lowest BCUT2D eigenvalue weighted by Gasteiger charge is -2.25. The molecule has 0 saturated carbocycles. The Morgan fingerprint density at radius 1 is 1.20 bits per heavy atom. The molecule has 0 spiro atoms. The Morgan fingerprint density at radius 3 is 2.63 bits per heavy atom. The van der Waals surface area contributed by atoms with Gasteiger partial charge >= 0.3 is 18.4 Å². The van der Waals surface area contributed by atoms with Gasteiger partial charge in [-0.2, -0.15) is 18.2 Å². The molecule has 1 fully saturated rings. The summed E-state index contributed by atoms with van der Waals surface area (Å²) in [4.78, 5) is 33.3. The normalized spacial score (nSPS) is 18.3. The standard InChI is InChI=1S/C28H34F3N5O5/c1-27(2,3)40-26(39)34-24(33-25(37)38)36-15-7-10-21(36)23-32-22(35-41-23)19-14-13-18(20(16-19)28(29,30)31)12-11-17-8-5-4-6-9-17/h8,13-14,16,21H,4-7,9-12,15H2,1-3H3,(H,37,38)(H,33,34,39). The second-order valence-corrected chi connectivity index (χ2v) is 11.1. The van der Waals surface area contributed by atoms with Crippen molar-refractivity contribution < 1.29 is 37.1 Å². The van der Waals surface area contributed by atoms with Gasteiger partial charge < -0.3 is 19.3 Å². The Morgan fingerprint density at radius 2 is 1.98 bits per heavy atom. The van der Waals surface area contributed by atoms with E-state index in [-0.39, 0.29) is 35.2 Å². The first-order valence-electron chi connectivity index (χ1n) is 13.6. The van der Waals surface area contributed by atoms with Gasteiger partial charge in [-0.15, -0.1) is 4.99 Å². The molecule has 10 nitrogen and oxygen atoms in total. The molecular weight excluding hydrogens is 543 g/mol. The van der Waals surface area contributed by atoms with Crippen LogP contribution in [0.25, 0.3) is 11.4 Å². The van der Waals surface area contributed by atoms with Gasteiger partial charge in [-0.25, -0.2) is 9.59 Å². The molecule has 1 aromatic heterocycles. The third-order valence-corrected chi connectivity index (χ3v) is 6.84. The molecule has 1 aromatic carbocycles. The number of guanidine groups is 1. The van der Waals surface area contributed by atoms with E-state index in [0.29, 0.717) is 25.8 Å². The molecule has 1 aliphatic carbocycles. The number of allylic oxidation sites excluding steroid dienone is 2. The van der Waals surface area contributed by atoms with Crippen LogP contribution in [0.4, 0.5) is 22.8 Å². The second kappa shape index (κ2) is 12.3. The van der Waals surface area contributed by atoms with Gasteiger partial charge in [0, 0.05) is 12.1 Å². The lowest BCUT2D eigenvalue weighted by atomic mass is 9.92. The van der Waals surface area contributed by atoms with Crippen LogP contribution in [0.2, 0.25) is 0 Å². The Hall–Kier alpha value is -3.90. The van der Waals surface area contributed by atoms with E-state index in [1.54, 1.807) is 26.8 Å². The maximum absolute atomic E-state index is 14.0. The molecule has 2 amide bonds. The van der Waals surface area contributed by atoms with Crippen LogP contribution in [0.1, 0.15) is 88.8 Å². The molecule has 13 heteroatoms. The van der Waals surface area contributed by atoms with Gasteiger partial charge in [0.2, 0.25) is 17.7 Å². The third-order valence-electron chi connectivity index (χ3n) is 6.84. The largest absolute Gasteiger partial charge is 0.465 e. The summed E-state index contributed by atoms with van der Waals surface area (Å²) in [5.74, 6) is -0.245. The van der Waals surface area contributed by atoms with Crippen molar-refractivity contribution in [3.63, 3.8) is 0 Å². The Kier molecular flexibility index (Phi) is 9.03.